The molecular weight excluding hydrogens is 585 g/mol. The predicted octanol–water partition coefficient (Wildman–Crippen LogP) is 14.7. The van der Waals surface area contributed by atoms with Gasteiger partial charge in [0.05, 0.1) is 0 Å². The van der Waals surface area contributed by atoms with Crippen LogP contribution in [0.3, 0.4) is 0 Å². The van der Waals surface area contributed by atoms with Crippen LogP contribution in [-0.4, -0.2) is 0 Å². The van der Waals surface area contributed by atoms with Gasteiger partial charge in [-0.3, -0.25) is 0 Å². The summed E-state index contributed by atoms with van der Waals surface area (Å²) >= 11 is 8.10. The predicted molar refractivity (Wildman–Crippen MR) is 197 cm³/mol. The average Bonchev–Trinajstić information content (AvgIpc) is 3.77. The number of hydrogen-bond donors (Lipinski definition) is 0. The fourth-order valence-corrected chi connectivity index (χ4v) is 12.3. The van der Waals surface area contributed by atoms with Gasteiger partial charge in [-0.05, 0) is 71.8 Å². The molecule has 0 fully saturated rings. The number of aryl methyl sites for hydroxylation is 2. The van der Waals surface area contributed by atoms with Gasteiger partial charge < -0.3 is 0 Å². The molecule has 0 atom stereocenters. The zero-order valence-corrected chi connectivity index (χ0v) is 28.3. The van der Waals surface area contributed by atoms with E-state index < -0.39 is 0 Å². The first kappa shape index (κ1) is 27.6. The van der Waals surface area contributed by atoms with E-state index in [-0.39, 0.29) is 0 Å². The molecule has 0 N–H and O–H groups in total. The normalized spacial score (nSPS) is 12.9. The number of rotatable bonds is 14. The Labute approximate surface area is 265 Å². The van der Waals surface area contributed by atoms with Crippen molar-refractivity contribution in [2.75, 3.05) is 0 Å². The van der Waals surface area contributed by atoms with Crippen molar-refractivity contribution in [2.24, 2.45) is 0 Å². The summed E-state index contributed by atoms with van der Waals surface area (Å²) in [4.78, 5) is 0. The summed E-state index contributed by atoms with van der Waals surface area (Å²) in [5.74, 6) is 0. The minimum Gasteiger partial charge on any atom is -0.143 e. The number of thiophene rings is 4. The van der Waals surface area contributed by atoms with Crippen molar-refractivity contribution in [3.05, 3.63) is 46.2 Å². The molecule has 8 aromatic rings. The largest absolute Gasteiger partial charge is 0.143 e. The Morgan fingerprint density at radius 2 is 0.833 bits per heavy atom. The number of benzene rings is 3. The van der Waals surface area contributed by atoms with Crippen molar-refractivity contribution >= 4 is 117 Å². The van der Waals surface area contributed by atoms with Crippen molar-refractivity contribution < 1.29 is 0 Å². The number of fused-ring (bicyclic) bond motifs is 1. The van der Waals surface area contributed by atoms with Crippen molar-refractivity contribution in [3.63, 3.8) is 0 Å². The summed E-state index contributed by atoms with van der Waals surface area (Å²) in [6.07, 6.45) is 18.8. The van der Waals surface area contributed by atoms with Crippen molar-refractivity contribution in [1.82, 2.24) is 0 Å². The molecule has 4 aromatic carbocycles. The number of hydrogen-bond acceptors (Lipinski definition) is 4. The Balaban J connectivity index is 1.39. The molecule has 0 aliphatic carbocycles. The van der Waals surface area contributed by atoms with Crippen LogP contribution in [0.4, 0.5) is 0 Å². The first-order valence-electron chi connectivity index (χ1n) is 16.5. The van der Waals surface area contributed by atoms with E-state index in [1.807, 2.05) is 22.7 Å². The van der Waals surface area contributed by atoms with Gasteiger partial charge in [-0.1, -0.05) is 78.1 Å². The van der Waals surface area contributed by atoms with Crippen LogP contribution in [0.5, 0.6) is 0 Å². The second-order valence-electron chi connectivity index (χ2n) is 12.5. The third kappa shape index (κ3) is 4.30. The lowest BCUT2D eigenvalue weighted by Gasteiger charge is -2.15. The van der Waals surface area contributed by atoms with Crippen LogP contribution >= 0.6 is 45.3 Å². The van der Waals surface area contributed by atoms with E-state index in [0.717, 1.165) is 0 Å². The van der Waals surface area contributed by atoms with E-state index >= 15 is 0 Å². The van der Waals surface area contributed by atoms with Crippen molar-refractivity contribution in [1.29, 1.82) is 0 Å². The van der Waals surface area contributed by atoms with Gasteiger partial charge in [0.1, 0.15) is 0 Å². The van der Waals surface area contributed by atoms with E-state index in [9.17, 15) is 0 Å². The fraction of sp³-hybridized carbons (Fsp3) is 0.421. The maximum absolute atomic E-state index is 2.45. The quantitative estimate of drug-likeness (QED) is 0.106. The van der Waals surface area contributed by atoms with Crippen LogP contribution in [0, 0.1) is 0 Å². The van der Waals surface area contributed by atoms with Crippen LogP contribution in [0.1, 0.15) is 102 Å². The van der Waals surface area contributed by atoms with Gasteiger partial charge in [0.2, 0.25) is 0 Å². The first-order chi connectivity index (χ1) is 20.8. The van der Waals surface area contributed by atoms with Crippen molar-refractivity contribution in [2.45, 2.75) is 104 Å². The third-order valence-corrected chi connectivity index (χ3v) is 14.1. The smallest absolute Gasteiger partial charge is 0.0397 e. The molecule has 0 radical (unpaired) electrons. The lowest BCUT2D eigenvalue weighted by Crippen LogP contribution is -1.98. The van der Waals surface area contributed by atoms with Crippen LogP contribution in [0.2, 0.25) is 0 Å². The highest BCUT2D eigenvalue weighted by molar-refractivity contribution is 7.29. The van der Waals surface area contributed by atoms with E-state index in [1.54, 1.807) is 42.1 Å². The molecule has 216 valence electrons. The highest BCUT2D eigenvalue weighted by Gasteiger charge is 2.26. The molecule has 0 aliphatic rings. The van der Waals surface area contributed by atoms with E-state index in [1.165, 1.54) is 130 Å². The molecule has 0 amide bonds. The molecule has 8 rings (SSSR count). The van der Waals surface area contributed by atoms with Crippen LogP contribution in [0.15, 0.2) is 35.0 Å². The lowest BCUT2D eigenvalue weighted by atomic mass is 9.89. The Bertz CT molecular complexity index is 1970. The Morgan fingerprint density at radius 1 is 0.429 bits per heavy atom. The van der Waals surface area contributed by atoms with Gasteiger partial charge in [-0.2, -0.15) is 0 Å². The SMILES string of the molecule is CCCCCCCCc1c(CCCCCCCC)c2sc3ccc4scc5c6csc7ccc8sc1c(c8c76)c2c3c45. The highest BCUT2D eigenvalue weighted by Crippen LogP contribution is 2.55. The molecule has 0 bridgehead atoms. The second-order valence-corrected chi connectivity index (χ2v) is 16.5. The van der Waals surface area contributed by atoms with Gasteiger partial charge >= 0.3 is 0 Å². The lowest BCUT2D eigenvalue weighted by molar-refractivity contribution is 0.601. The zero-order chi connectivity index (χ0) is 28.2. The maximum Gasteiger partial charge on any atom is 0.0397 e. The standard InChI is InChI=1S/C38H40S4/c1-3-5-7-9-11-13-15-23-24(16-14-12-10-8-6-4-2)38-36-34-30(42-38)20-18-28-32(34)26(22-40-28)25-21-39-27-17-19-29-33(31(25)27)35(36)37(23)41-29/h17-22H,3-16H2,1-2H3. The zero-order valence-electron chi connectivity index (χ0n) is 25.0. The summed E-state index contributed by atoms with van der Waals surface area (Å²) in [7, 11) is 0. The van der Waals surface area contributed by atoms with Crippen LogP contribution in [0.25, 0.3) is 71.3 Å². The third-order valence-electron chi connectivity index (χ3n) is 9.80. The molecule has 0 aliphatic heterocycles. The molecule has 0 unspecified atom stereocenters. The molecule has 42 heavy (non-hydrogen) atoms. The van der Waals surface area contributed by atoms with Gasteiger partial charge in [-0.25, -0.2) is 0 Å². The Hall–Kier alpha value is -1.98. The monoisotopic (exact) mass is 624 g/mol. The minimum absolute atomic E-state index is 1.24. The average molecular weight is 625 g/mol. The first-order valence-corrected chi connectivity index (χ1v) is 19.9. The molecule has 4 heterocycles. The van der Waals surface area contributed by atoms with Gasteiger partial charge in [0.25, 0.3) is 0 Å². The maximum atomic E-state index is 2.45. The Morgan fingerprint density at radius 3 is 1.29 bits per heavy atom. The van der Waals surface area contributed by atoms with E-state index in [4.69, 9.17) is 0 Å². The molecule has 0 nitrogen and oxygen atoms in total. The van der Waals surface area contributed by atoms with Gasteiger partial charge in [-0.15, -0.1) is 45.3 Å². The summed E-state index contributed by atoms with van der Waals surface area (Å²) < 4.78 is 9.11. The molecular formula is C38H40S4. The van der Waals surface area contributed by atoms with E-state index in [2.05, 4.69) is 71.5 Å². The van der Waals surface area contributed by atoms with E-state index in [0.29, 0.717) is 0 Å². The molecule has 0 spiro atoms. The second kappa shape index (κ2) is 11.5. The van der Waals surface area contributed by atoms with Gasteiger partial charge in [0, 0.05) is 71.3 Å². The van der Waals surface area contributed by atoms with Gasteiger partial charge in [0.15, 0.2) is 0 Å². The summed E-state index contributed by atoms with van der Waals surface area (Å²) in [6.45, 7) is 4.65. The number of unbranched alkanes of at least 4 members (excludes halogenated alkanes) is 10. The fourth-order valence-electron chi connectivity index (χ4n) is 7.70. The Kier molecular flexibility index (Phi) is 7.55. The summed E-state index contributed by atoms with van der Waals surface area (Å²) in [5.41, 5.74) is 3.42. The molecule has 0 saturated carbocycles. The van der Waals surface area contributed by atoms with Crippen LogP contribution < -0.4 is 0 Å². The molecule has 0 saturated heterocycles. The molecule has 4 heteroatoms. The van der Waals surface area contributed by atoms with Crippen molar-refractivity contribution in [3.8, 4) is 0 Å². The minimum atomic E-state index is 1.24. The summed E-state index contributed by atoms with van der Waals surface area (Å²) in [5, 5.41) is 17.2. The topological polar surface area (TPSA) is 0 Å². The molecule has 4 aromatic heterocycles. The van der Waals surface area contributed by atoms with Crippen LogP contribution in [-0.2, 0) is 12.8 Å². The highest BCUT2D eigenvalue weighted by atomic mass is 32.1. The summed E-state index contributed by atoms with van der Waals surface area (Å²) in [6, 6.07) is 9.69.